The van der Waals surface area contributed by atoms with Gasteiger partial charge < -0.3 is 5.73 Å². The van der Waals surface area contributed by atoms with E-state index in [1.807, 2.05) is 0 Å². The van der Waals surface area contributed by atoms with Crippen LogP contribution in [-0.4, -0.2) is 21.6 Å². The quantitative estimate of drug-likeness (QED) is 0.800. The zero-order chi connectivity index (χ0) is 15.3. The van der Waals surface area contributed by atoms with Gasteiger partial charge in [-0.25, -0.2) is 4.99 Å². The van der Waals surface area contributed by atoms with Crippen LogP contribution >= 0.6 is 0 Å². The van der Waals surface area contributed by atoms with Crippen LogP contribution in [0.2, 0.25) is 0 Å². The summed E-state index contributed by atoms with van der Waals surface area (Å²) in [4.78, 5) is 28.1. The second-order valence-electron chi connectivity index (χ2n) is 5.57. The summed E-state index contributed by atoms with van der Waals surface area (Å²) in [6, 6.07) is 5.10. The Morgan fingerprint density at radius 2 is 2.05 bits per heavy atom. The van der Waals surface area contributed by atoms with Gasteiger partial charge in [-0.2, -0.15) is 9.78 Å². The van der Waals surface area contributed by atoms with E-state index in [1.165, 1.54) is 10.8 Å². The molecule has 0 unspecified atom stereocenters. The van der Waals surface area contributed by atoms with Crippen molar-refractivity contribution in [3.05, 3.63) is 45.6 Å². The van der Waals surface area contributed by atoms with E-state index < -0.39 is 0 Å². The summed E-state index contributed by atoms with van der Waals surface area (Å²) in [5.41, 5.74) is 8.41. The van der Waals surface area contributed by atoms with Crippen LogP contribution in [0.15, 0.2) is 23.2 Å². The zero-order valence-corrected chi connectivity index (χ0v) is 11.9. The maximum absolute atomic E-state index is 12.8. The Bertz CT molecular complexity index is 940. The smallest absolute Gasteiger partial charge is 0.280 e. The monoisotopic (exact) mass is 294 g/mol. The maximum atomic E-state index is 12.8. The Balaban J connectivity index is 1.87. The number of nitrogen functional groups attached to an aromatic ring is 1. The lowest BCUT2D eigenvalue weighted by atomic mass is 9.98. The van der Waals surface area contributed by atoms with E-state index in [0.29, 0.717) is 22.0 Å². The molecule has 0 spiro atoms. The fourth-order valence-electron chi connectivity index (χ4n) is 3.11. The first-order valence-electron chi connectivity index (χ1n) is 7.29. The molecule has 2 heterocycles. The minimum Gasteiger partial charge on any atom is -0.383 e. The molecule has 1 amide bonds. The summed E-state index contributed by atoms with van der Waals surface area (Å²) in [6.07, 6.45) is 5.23. The number of carbonyl (C=O) groups excluding carboxylic acids is 2. The van der Waals surface area contributed by atoms with Gasteiger partial charge in [-0.15, -0.1) is 0 Å². The Labute approximate surface area is 126 Å². The van der Waals surface area contributed by atoms with Gasteiger partial charge in [0.25, 0.3) is 11.8 Å². The average Bonchev–Trinajstić information content (AvgIpc) is 3.06. The number of anilines is 1. The van der Waals surface area contributed by atoms with Crippen LogP contribution in [0.5, 0.6) is 0 Å². The number of rotatable bonds is 1. The van der Waals surface area contributed by atoms with Crippen LogP contribution in [-0.2, 0) is 17.6 Å². The van der Waals surface area contributed by atoms with E-state index in [4.69, 9.17) is 5.73 Å². The molecule has 2 aliphatic rings. The van der Waals surface area contributed by atoms with Crippen LogP contribution in [0.4, 0.5) is 5.82 Å². The number of nitrogens with zero attached hydrogens (tertiary/aromatic N) is 3. The van der Waals surface area contributed by atoms with E-state index in [0.717, 1.165) is 36.9 Å². The van der Waals surface area contributed by atoms with E-state index in [2.05, 4.69) is 10.1 Å². The molecule has 6 nitrogen and oxygen atoms in total. The number of nitrogens with two attached hydrogens (primary N) is 1. The summed E-state index contributed by atoms with van der Waals surface area (Å²) in [7, 11) is 0. The molecular formula is C16H14N4O2. The van der Waals surface area contributed by atoms with E-state index in [9.17, 15) is 9.59 Å². The number of carbonyl (C=O) groups is 2. The van der Waals surface area contributed by atoms with Crippen molar-refractivity contribution < 1.29 is 9.59 Å². The van der Waals surface area contributed by atoms with Gasteiger partial charge in [0.1, 0.15) is 5.82 Å². The zero-order valence-electron chi connectivity index (χ0n) is 11.9. The first-order chi connectivity index (χ1) is 10.6. The molecule has 4 rings (SSSR count). The first kappa shape index (κ1) is 12.9. The molecule has 1 aliphatic heterocycles. The van der Waals surface area contributed by atoms with E-state index >= 15 is 0 Å². The third kappa shape index (κ3) is 1.80. The highest BCUT2D eigenvalue weighted by molar-refractivity contribution is 6.08. The van der Waals surface area contributed by atoms with Crippen molar-refractivity contribution in [2.75, 3.05) is 5.73 Å². The fourth-order valence-corrected chi connectivity index (χ4v) is 3.11. The lowest BCUT2D eigenvalue weighted by Gasteiger charge is -2.08. The largest absolute Gasteiger partial charge is 0.383 e. The Kier molecular flexibility index (Phi) is 2.72. The third-order valence-electron chi connectivity index (χ3n) is 4.20. The van der Waals surface area contributed by atoms with Crippen molar-refractivity contribution in [3.8, 4) is 0 Å². The molecule has 1 aliphatic carbocycles. The van der Waals surface area contributed by atoms with Gasteiger partial charge in [-0.05, 0) is 37.8 Å². The fraction of sp³-hybridized carbons (Fsp3) is 0.250. The SMILES string of the molecule is Nc1c2c(nn1C(=O)c1cccc3c1=CC(=O)N=3)CCCC2. The molecule has 0 saturated heterocycles. The summed E-state index contributed by atoms with van der Waals surface area (Å²) >= 11 is 0. The number of benzene rings is 1. The molecule has 1 aromatic carbocycles. The Morgan fingerprint density at radius 3 is 2.86 bits per heavy atom. The number of hydrogen-bond acceptors (Lipinski definition) is 4. The predicted octanol–water partition coefficient (Wildman–Crippen LogP) is -0.0271. The lowest BCUT2D eigenvalue weighted by molar-refractivity contribution is -0.112. The normalized spacial score (nSPS) is 15.7. The molecular weight excluding hydrogens is 280 g/mol. The van der Waals surface area contributed by atoms with Crippen molar-refractivity contribution in [2.24, 2.45) is 4.99 Å². The Morgan fingerprint density at radius 1 is 1.23 bits per heavy atom. The number of aromatic nitrogens is 2. The van der Waals surface area contributed by atoms with Crippen LogP contribution in [0, 0.1) is 0 Å². The predicted molar refractivity (Wildman–Crippen MR) is 79.7 cm³/mol. The molecule has 2 N–H and O–H groups in total. The number of amides is 1. The molecule has 0 fully saturated rings. The second-order valence-corrected chi connectivity index (χ2v) is 5.57. The van der Waals surface area contributed by atoms with E-state index in [1.54, 1.807) is 18.2 Å². The van der Waals surface area contributed by atoms with Gasteiger partial charge in [0.2, 0.25) is 0 Å². The van der Waals surface area contributed by atoms with Crippen molar-refractivity contribution >= 4 is 23.7 Å². The van der Waals surface area contributed by atoms with Gasteiger partial charge >= 0.3 is 0 Å². The third-order valence-corrected chi connectivity index (χ3v) is 4.20. The van der Waals surface area contributed by atoms with Crippen LogP contribution in [0.25, 0.3) is 6.08 Å². The van der Waals surface area contributed by atoms with Gasteiger partial charge in [0, 0.05) is 16.9 Å². The number of fused-ring (bicyclic) bond motifs is 2. The van der Waals surface area contributed by atoms with Gasteiger partial charge in [0.15, 0.2) is 0 Å². The molecule has 0 radical (unpaired) electrons. The first-order valence-corrected chi connectivity index (χ1v) is 7.29. The number of aryl methyl sites for hydroxylation is 1. The lowest BCUT2D eigenvalue weighted by Crippen LogP contribution is -2.31. The van der Waals surface area contributed by atoms with Crippen molar-refractivity contribution in [1.29, 1.82) is 0 Å². The molecule has 0 atom stereocenters. The molecule has 110 valence electrons. The van der Waals surface area contributed by atoms with E-state index in [-0.39, 0.29) is 11.8 Å². The topological polar surface area (TPSA) is 90.3 Å². The summed E-state index contributed by atoms with van der Waals surface area (Å²) in [5.74, 6) is -0.244. The molecule has 0 bridgehead atoms. The van der Waals surface area contributed by atoms with Crippen LogP contribution in [0.3, 0.4) is 0 Å². The highest BCUT2D eigenvalue weighted by Gasteiger charge is 2.23. The highest BCUT2D eigenvalue weighted by Crippen LogP contribution is 2.25. The Hall–Kier alpha value is -2.76. The van der Waals surface area contributed by atoms with Crippen molar-refractivity contribution in [3.63, 3.8) is 0 Å². The van der Waals surface area contributed by atoms with Crippen molar-refractivity contribution in [2.45, 2.75) is 25.7 Å². The molecule has 6 heteroatoms. The van der Waals surface area contributed by atoms with Crippen LogP contribution < -0.4 is 16.3 Å². The summed E-state index contributed by atoms with van der Waals surface area (Å²) in [5, 5.41) is 5.45. The summed E-state index contributed by atoms with van der Waals surface area (Å²) < 4.78 is 1.27. The number of hydrogen-bond donors (Lipinski definition) is 1. The molecule has 0 saturated carbocycles. The summed E-state index contributed by atoms with van der Waals surface area (Å²) in [6.45, 7) is 0. The molecule has 22 heavy (non-hydrogen) atoms. The second kappa shape index (κ2) is 4.62. The minimum absolute atomic E-state index is 0.315. The average molecular weight is 294 g/mol. The van der Waals surface area contributed by atoms with Gasteiger partial charge in [-0.1, -0.05) is 6.07 Å². The van der Waals surface area contributed by atoms with Crippen LogP contribution in [0.1, 0.15) is 34.5 Å². The maximum Gasteiger partial charge on any atom is 0.280 e. The van der Waals surface area contributed by atoms with Gasteiger partial charge in [-0.3, -0.25) is 9.59 Å². The van der Waals surface area contributed by atoms with Crippen molar-refractivity contribution in [1.82, 2.24) is 9.78 Å². The standard InChI is InChI=1S/C16H14N4O2/c17-15-10-4-1-2-6-13(10)19-20(15)16(22)9-5-3-7-12-11(9)8-14(21)18-12/h3,5,7-8H,1-2,4,6,17H2. The highest BCUT2D eigenvalue weighted by atomic mass is 16.2. The molecule has 1 aromatic heterocycles. The minimum atomic E-state index is -0.344. The molecule has 2 aromatic rings. The van der Waals surface area contributed by atoms with Gasteiger partial charge in [0.05, 0.1) is 16.6 Å².